The average molecular weight is 302 g/mol. The molecule has 0 aromatic heterocycles. The number of nitro benzene ring substituents is 1. The second-order valence-corrected chi connectivity index (χ2v) is 5.95. The molecule has 1 amide bonds. The highest BCUT2D eigenvalue weighted by molar-refractivity contribution is 7.90. The summed E-state index contributed by atoms with van der Waals surface area (Å²) < 4.78 is 24.5. The number of benzene rings is 1. The van der Waals surface area contributed by atoms with Gasteiger partial charge in [0.05, 0.1) is 29.7 Å². The summed E-state index contributed by atoms with van der Waals surface area (Å²) in [6, 6.07) is 2.84. The van der Waals surface area contributed by atoms with E-state index >= 15 is 0 Å². The Balaban J connectivity index is 2.50. The third kappa shape index (κ3) is 2.13. The van der Waals surface area contributed by atoms with Crippen molar-refractivity contribution in [3.05, 3.63) is 33.9 Å². The van der Waals surface area contributed by atoms with Crippen molar-refractivity contribution >= 4 is 21.6 Å². The molecule has 10 heteroatoms. The lowest BCUT2D eigenvalue weighted by Gasteiger charge is -2.17. The van der Waals surface area contributed by atoms with E-state index < -0.39 is 45.8 Å². The van der Waals surface area contributed by atoms with E-state index in [1.54, 1.807) is 0 Å². The van der Waals surface area contributed by atoms with Crippen LogP contribution in [0.4, 0.5) is 5.69 Å². The lowest BCUT2D eigenvalue weighted by molar-refractivity contribution is -0.384. The maximum atomic E-state index is 12.1. The molecule has 1 unspecified atom stereocenters. The molecule has 0 radical (unpaired) electrons. The van der Waals surface area contributed by atoms with Gasteiger partial charge in [0, 0.05) is 12.1 Å². The summed E-state index contributed by atoms with van der Waals surface area (Å²) in [5, 5.41) is 28.6. The molecular formula is C10H10N2O7S. The maximum Gasteiger partial charge on any atom is 0.270 e. The molecule has 1 aromatic carbocycles. The highest BCUT2D eigenvalue weighted by Gasteiger charge is 2.42. The zero-order valence-electron chi connectivity index (χ0n) is 9.96. The number of nitrogens with zero attached hydrogens (tertiary/aromatic N) is 2. The fourth-order valence-electron chi connectivity index (χ4n) is 1.82. The Morgan fingerprint density at radius 3 is 2.60 bits per heavy atom. The minimum Gasteiger partial charge on any atom is -0.394 e. The van der Waals surface area contributed by atoms with Crippen LogP contribution in [0.5, 0.6) is 0 Å². The molecule has 0 saturated heterocycles. The van der Waals surface area contributed by atoms with Crippen LogP contribution in [0.25, 0.3) is 0 Å². The summed E-state index contributed by atoms with van der Waals surface area (Å²) in [6.45, 7) is -1.32. The molecule has 0 saturated carbocycles. The zero-order chi connectivity index (χ0) is 15.1. The van der Waals surface area contributed by atoms with Crippen molar-refractivity contribution in [3.8, 4) is 0 Å². The van der Waals surface area contributed by atoms with E-state index in [2.05, 4.69) is 0 Å². The van der Waals surface area contributed by atoms with Crippen molar-refractivity contribution in [1.29, 1.82) is 0 Å². The van der Waals surface area contributed by atoms with E-state index in [4.69, 9.17) is 5.11 Å². The van der Waals surface area contributed by atoms with Gasteiger partial charge in [0.25, 0.3) is 21.6 Å². The summed E-state index contributed by atoms with van der Waals surface area (Å²) >= 11 is 0. The van der Waals surface area contributed by atoms with Gasteiger partial charge in [0.2, 0.25) is 0 Å². The number of carbonyl (C=O) groups is 1. The van der Waals surface area contributed by atoms with Gasteiger partial charge in [-0.15, -0.1) is 0 Å². The molecule has 0 spiro atoms. The Bertz CT molecular complexity index is 685. The van der Waals surface area contributed by atoms with E-state index in [0.717, 1.165) is 18.2 Å². The Hall–Kier alpha value is -2.04. The van der Waals surface area contributed by atoms with Crippen LogP contribution >= 0.6 is 0 Å². The van der Waals surface area contributed by atoms with E-state index in [9.17, 15) is 28.4 Å². The summed E-state index contributed by atoms with van der Waals surface area (Å²) in [4.78, 5) is 21.5. The number of aliphatic hydroxyl groups is 2. The molecule has 0 aliphatic carbocycles. The first kappa shape index (κ1) is 14.4. The van der Waals surface area contributed by atoms with Crippen LogP contribution in [0.15, 0.2) is 23.1 Å². The molecule has 0 bridgehead atoms. The molecule has 2 rings (SSSR count). The SMILES string of the molecule is O=C1c2cc([N+](=O)[O-])ccc2S(=O)(=O)N1CC(O)CO. The van der Waals surface area contributed by atoms with Crippen molar-refractivity contribution in [2.75, 3.05) is 13.2 Å². The third-order valence-corrected chi connectivity index (χ3v) is 4.59. The van der Waals surface area contributed by atoms with E-state index in [0.29, 0.717) is 4.31 Å². The van der Waals surface area contributed by atoms with Gasteiger partial charge in [-0.3, -0.25) is 14.9 Å². The lowest BCUT2D eigenvalue weighted by atomic mass is 10.2. The van der Waals surface area contributed by atoms with Crippen LogP contribution in [-0.2, 0) is 10.0 Å². The lowest BCUT2D eigenvalue weighted by Crippen LogP contribution is -2.38. The first-order valence-electron chi connectivity index (χ1n) is 5.43. The summed E-state index contributed by atoms with van der Waals surface area (Å²) in [5.41, 5.74) is -0.721. The second-order valence-electron chi connectivity index (χ2n) is 4.12. The highest BCUT2D eigenvalue weighted by atomic mass is 32.2. The number of aliphatic hydroxyl groups excluding tert-OH is 2. The highest BCUT2D eigenvalue weighted by Crippen LogP contribution is 2.32. The Kier molecular flexibility index (Phi) is 3.46. The van der Waals surface area contributed by atoms with Crippen molar-refractivity contribution in [3.63, 3.8) is 0 Å². The van der Waals surface area contributed by atoms with Gasteiger partial charge in [0.15, 0.2) is 0 Å². The first-order valence-corrected chi connectivity index (χ1v) is 6.87. The van der Waals surface area contributed by atoms with Crippen molar-refractivity contribution in [2.45, 2.75) is 11.0 Å². The van der Waals surface area contributed by atoms with Crippen LogP contribution in [0.2, 0.25) is 0 Å². The largest absolute Gasteiger partial charge is 0.394 e. The van der Waals surface area contributed by atoms with Gasteiger partial charge in [-0.05, 0) is 6.07 Å². The first-order chi connectivity index (χ1) is 9.28. The monoisotopic (exact) mass is 302 g/mol. The van der Waals surface area contributed by atoms with Gasteiger partial charge < -0.3 is 10.2 Å². The van der Waals surface area contributed by atoms with Crippen molar-refractivity contribution < 1.29 is 28.3 Å². The molecule has 9 nitrogen and oxygen atoms in total. The van der Waals surface area contributed by atoms with E-state index in [-0.39, 0.29) is 10.5 Å². The summed E-state index contributed by atoms with van der Waals surface area (Å²) in [7, 11) is -4.15. The molecule has 1 atom stereocenters. The van der Waals surface area contributed by atoms with Crippen LogP contribution in [-0.4, -0.2) is 53.0 Å². The molecule has 2 N–H and O–H groups in total. The van der Waals surface area contributed by atoms with E-state index in [1.807, 2.05) is 0 Å². The fourth-order valence-corrected chi connectivity index (χ4v) is 3.40. The number of rotatable bonds is 4. The molecule has 1 aromatic rings. The predicted molar refractivity (Wildman–Crippen MR) is 64.4 cm³/mol. The topological polar surface area (TPSA) is 138 Å². The minimum absolute atomic E-state index is 0.315. The quantitative estimate of drug-likeness (QED) is 0.542. The van der Waals surface area contributed by atoms with Crippen molar-refractivity contribution in [1.82, 2.24) is 4.31 Å². The number of hydrogen-bond donors (Lipinski definition) is 2. The molecule has 1 aliphatic rings. The summed E-state index contributed by atoms with van der Waals surface area (Å²) in [5.74, 6) is -0.962. The van der Waals surface area contributed by atoms with Gasteiger partial charge in [0.1, 0.15) is 4.90 Å². The Labute approximate surface area is 113 Å². The van der Waals surface area contributed by atoms with Gasteiger partial charge >= 0.3 is 0 Å². The zero-order valence-corrected chi connectivity index (χ0v) is 10.8. The van der Waals surface area contributed by atoms with Crippen molar-refractivity contribution in [2.24, 2.45) is 0 Å². The maximum absolute atomic E-state index is 12.1. The minimum atomic E-state index is -4.15. The van der Waals surface area contributed by atoms with Crippen LogP contribution < -0.4 is 0 Å². The van der Waals surface area contributed by atoms with Gasteiger partial charge in [-0.2, -0.15) is 0 Å². The molecule has 1 aliphatic heterocycles. The molecular weight excluding hydrogens is 292 g/mol. The second kappa shape index (κ2) is 4.81. The number of hydrogen-bond acceptors (Lipinski definition) is 7. The molecule has 108 valence electrons. The molecule has 1 heterocycles. The third-order valence-electron chi connectivity index (χ3n) is 2.79. The van der Waals surface area contributed by atoms with Gasteiger partial charge in [-0.1, -0.05) is 0 Å². The normalized spacial score (nSPS) is 17.9. The summed E-state index contributed by atoms with van der Waals surface area (Å²) in [6.07, 6.45) is -1.42. The number of amides is 1. The number of non-ortho nitro benzene ring substituents is 1. The Morgan fingerprint density at radius 2 is 2.05 bits per heavy atom. The smallest absolute Gasteiger partial charge is 0.270 e. The predicted octanol–water partition coefficient (Wildman–Crippen LogP) is -0.907. The van der Waals surface area contributed by atoms with Crippen LogP contribution in [0, 0.1) is 10.1 Å². The number of sulfonamides is 1. The number of β-amino-alcohol motifs (C(OH)–C–C–N with tert-alkyl or cyclic N) is 1. The van der Waals surface area contributed by atoms with Crippen LogP contribution in [0.1, 0.15) is 10.4 Å². The number of nitro groups is 1. The van der Waals surface area contributed by atoms with Crippen LogP contribution in [0.3, 0.4) is 0 Å². The molecule has 20 heavy (non-hydrogen) atoms. The Morgan fingerprint density at radius 1 is 1.40 bits per heavy atom. The number of carbonyl (C=O) groups excluding carboxylic acids is 1. The average Bonchev–Trinajstić information content (AvgIpc) is 2.59. The van der Waals surface area contributed by atoms with E-state index in [1.165, 1.54) is 0 Å². The fraction of sp³-hybridized carbons (Fsp3) is 0.300. The van der Waals surface area contributed by atoms with Gasteiger partial charge in [-0.25, -0.2) is 12.7 Å². The molecule has 0 fully saturated rings. The standard InChI is InChI=1S/C10H10N2O7S/c13-5-7(14)4-11-10(15)8-3-6(12(16)17)1-2-9(8)20(11,18)19/h1-3,7,13-14H,4-5H2. The number of fused-ring (bicyclic) bond motifs is 1.